The zero-order valence-corrected chi connectivity index (χ0v) is 15.9. The van der Waals surface area contributed by atoms with E-state index in [9.17, 15) is 24.9 Å². The van der Waals surface area contributed by atoms with Gasteiger partial charge in [0, 0.05) is 18.1 Å². The molecule has 3 rings (SSSR count). The molecule has 0 radical (unpaired) electrons. The third kappa shape index (κ3) is 3.41. The summed E-state index contributed by atoms with van der Waals surface area (Å²) in [5.74, 6) is -1.50. The number of allylic oxidation sites excluding steroid dienone is 3. The van der Waals surface area contributed by atoms with E-state index in [0.29, 0.717) is 22.5 Å². The van der Waals surface area contributed by atoms with Gasteiger partial charge in [-0.25, -0.2) is 4.79 Å². The topological polar surface area (TPSA) is 113 Å². The number of carbonyl (C=O) groups is 2. The van der Waals surface area contributed by atoms with Crippen molar-refractivity contribution in [2.75, 3.05) is 6.61 Å². The van der Waals surface area contributed by atoms with Gasteiger partial charge in [0.1, 0.15) is 35.5 Å². The second-order valence-electron chi connectivity index (χ2n) is 7.07. The Hall–Kier alpha value is -3.06. The number of benzene rings is 1. The first-order valence-electron chi connectivity index (χ1n) is 8.85. The van der Waals surface area contributed by atoms with Crippen molar-refractivity contribution in [2.24, 2.45) is 0 Å². The number of ether oxygens (including phenoxy) is 2. The number of rotatable bonds is 3. The minimum Gasteiger partial charge on any atom is -0.508 e. The summed E-state index contributed by atoms with van der Waals surface area (Å²) < 4.78 is 10.9. The Morgan fingerprint density at radius 2 is 2.07 bits per heavy atom. The third-order valence-corrected chi connectivity index (χ3v) is 4.94. The molecule has 148 valence electrons. The zero-order valence-electron chi connectivity index (χ0n) is 15.9. The summed E-state index contributed by atoms with van der Waals surface area (Å²) in [6.45, 7) is 4.71. The summed E-state index contributed by atoms with van der Waals surface area (Å²) in [5.41, 5.74) is -0.748. The first-order valence-corrected chi connectivity index (χ1v) is 8.85. The second-order valence-corrected chi connectivity index (χ2v) is 7.07. The van der Waals surface area contributed by atoms with Gasteiger partial charge in [0.15, 0.2) is 11.4 Å². The quantitative estimate of drug-likeness (QED) is 0.684. The number of hydrogen-bond acceptors (Lipinski definition) is 7. The lowest BCUT2D eigenvalue weighted by molar-refractivity contribution is -0.146. The van der Waals surface area contributed by atoms with Gasteiger partial charge in [-0.3, -0.25) is 4.79 Å². The number of esters is 1. The van der Waals surface area contributed by atoms with Crippen LogP contribution in [0.5, 0.6) is 11.5 Å². The first-order chi connectivity index (χ1) is 13.1. The Kier molecular flexibility index (Phi) is 5.04. The molecule has 0 amide bonds. The summed E-state index contributed by atoms with van der Waals surface area (Å²) in [6.07, 6.45) is 4.23. The van der Waals surface area contributed by atoms with Crippen molar-refractivity contribution in [3.05, 3.63) is 58.4 Å². The largest absolute Gasteiger partial charge is 0.508 e. The van der Waals surface area contributed by atoms with E-state index >= 15 is 0 Å². The van der Waals surface area contributed by atoms with Gasteiger partial charge >= 0.3 is 5.97 Å². The van der Waals surface area contributed by atoms with Crippen molar-refractivity contribution in [1.29, 1.82) is 0 Å². The molecule has 7 heteroatoms. The van der Waals surface area contributed by atoms with Gasteiger partial charge in [0.2, 0.25) is 0 Å². The lowest BCUT2D eigenvalue weighted by Gasteiger charge is -2.38. The number of aliphatic hydroxyl groups is 1. The van der Waals surface area contributed by atoms with Crippen LogP contribution < -0.4 is 0 Å². The van der Waals surface area contributed by atoms with Gasteiger partial charge in [-0.05, 0) is 50.1 Å². The fourth-order valence-corrected chi connectivity index (χ4v) is 3.41. The standard InChI is InChI=1S/C21H22O7/c1-4-5-14-7-12-8-17(21(3,26)19(24)15(12)10-27-14)28-20(25)18-11(2)6-13(22)9-16(18)23/h4-7,9,17,22-23,26H,8,10H2,1-3H3/t17-,21-/m1/s1. The molecule has 0 saturated carbocycles. The van der Waals surface area contributed by atoms with Crippen LogP contribution in [0.2, 0.25) is 0 Å². The number of ketones is 1. The van der Waals surface area contributed by atoms with Gasteiger partial charge in [0.05, 0.1) is 0 Å². The Morgan fingerprint density at radius 3 is 2.71 bits per heavy atom. The monoisotopic (exact) mass is 386 g/mol. The first kappa shape index (κ1) is 19.7. The Bertz CT molecular complexity index is 911. The highest BCUT2D eigenvalue weighted by Crippen LogP contribution is 2.37. The number of aryl methyl sites for hydroxylation is 1. The van der Waals surface area contributed by atoms with Crippen LogP contribution in [0.3, 0.4) is 0 Å². The lowest BCUT2D eigenvalue weighted by Crippen LogP contribution is -2.53. The van der Waals surface area contributed by atoms with E-state index in [1.165, 1.54) is 19.9 Å². The van der Waals surface area contributed by atoms with Gasteiger partial charge in [-0.2, -0.15) is 0 Å². The maximum Gasteiger partial charge on any atom is 0.342 e. The van der Waals surface area contributed by atoms with E-state index < -0.39 is 29.2 Å². The van der Waals surface area contributed by atoms with E-state index in [1.54, 1.807) is 18.2 Å². The number of aromatic hydroxyl groups is 2. The number of Topliss-reactive ketones (excluding diaryl/α,β-unsaturated/α-hetero) is 1. The summed E-state index contributed by atoms with van der Waals surface area (Å²) >= 11 is 0. The molecule has 0 unspecified atom stereocenters. The van der Waals surface area contributed by atoms with Crippen LogP contribution in [0.4, 0.5) is 0 Å². The molecule has 28 heavy (non-hydrogen) atoms. The fraction of sp³-hybridized carbons (Fsp3) is 0.333. The van der Waals surface area contributed by atoms with Gasteiger partial charge in [0.25, 0.3) is 0 Å². The van der Waals surface area contributed by atoms with Crippen molar-refractivity contribution >= 4 is 11.8 Å². The van der Waals surface area contributed by atoms with Crippen molar-refractivity contribution < 1.29 is 34.4 Å². The van der Waals surface area contributed by atoms with E-state index in [1.807, 2.05) is 6.92 Å². The van der Waals surface area contributed by atoms with Crippen molar-refractivity contribution in [1.82, 2.24) is 0 Å². The summed E-state index contributed by atoms with van der Waals surface area (Å²) in [6, 6.07) is 2.34. The molecule has 0 aromatic heterocycles. The van der Waals surface area contributed by atoms with Crippen LogP contribution in [0, 0.1) is 6.92 Å². The van der Waals surface area contributed by atoms with Crippen LogP contribution in [-0.4, -0.2) is 45.4 Å². The van der Waals surface area contributed by atoms with Crippen molar-refractivity contribution in [3.63, 3.8) is 0 Å². The SMILES string of the molecule is CC=CC1=CC2=C(CO1)C(=O)[C@](C)(O)[C@H](OC(=O)c1c(C)cc(O)cc1O)C2. The smallest absolute Gasteiger partial charge is 0.342 e. The molecule has 2 atom stereocenters. The van der Waals surface area contributed by atoms with E-state index in [-0.39, 0.29) is 24.3 Å². The fourth-order valence-electron chi connectivity index (χ4n) is 3.41. The van der Waals surface area contributed by atoms with E-state index in [0.717, 1.165) is 6.07 Å². The average molecular weight is 386 g/mol. The van der Waals surface area contributed by atoms with Crippen LogP contribution in [0.25, 0.3) is 0 Å². The molecule has 1 aromatic rings. The number of phenolic OH excluding ortho intramolecular Hbond substituents is 2. The molecule has 3 N–H and O–H groups in total. The predicted octanol–water partition coefficient (Wildman–Crippen LogP) is 2.44. The molecule has 2 aliphatic rings. The molecule has 0 fully saturated rings. The molecule has 0 bridgehead atoms. The third-order valence-electron chi connectivity index (χ3n) is 4.94. The maximum atomic E-state index is 12.7. The number of phenols is 2. The van der Waals surface area contributed by atoms with Crippen LogP contribution in [0.1, 0.15) is 36.2 Å². The number of carbonyl (C=O) groups excluding carboxylic acids is 2. The molecule has 7 nitrogen and oxygen atoms in total. The minimum absolute atomic E-state index is 0.0407. The Morgan fingerprint density at radius 1 is 1.36 bits per heavy atom. The maximum absolute atomic E-state index is 12.7. The Balaban J connectivity index is 1.92. The zero-order chi connectivity index (χ0) is 20.6. The molecule has 1 aromatic carbocycles. The minimum atomic E-state index is -1.93. The van der Waals surface area contributed by atoms with E-state index in [4.69, 9.17) is 9.47 Å². The summed E-state index contributed by atoms with van der Waals surface area (Å²) in [4.78, 5) is 25.4. The normalized spacial score (nSPS) is 24.6. The molecule has 1 aliphatic heterocycles. The van der Waals surface area contributed by atoms with E-state index in [2.05, 4.69) is 0 Å². The average Bonchev–Trinajstić information content (AvgIpc) is 2.59. The van der Waals surface area contributed by atoms with Gasteiger partial charge in [-0.15, -0.1) is 0 Å². The Labute approximate surface area is 162 Å². The predicted molar refractivity (Wildman–Crippen MR) is 99.8 cm³/mol. The van der Waals surface area contributed by atoms with Crippen molar-refractivity contribution in [2.45, 2.75) is 38.9 Å². The molecule has 0 saturated heterocycles. The van der Waals surface area contributed by atoms with Crippen LogP contribution in [0.15, 0.2) is 47.3 Å². The molecular formula is C21H22O7. The second kappa shape index (κ2) is 7.16. The highest BCUT2D eigenvalue weighted by Gasteiger charge is 2.48. The highest BCUT2D eigenvalue weighted by atomic mass is 16.6. The molecule has 1 aliphatic carbocycles. The number of hydrogen-bond donors (Lipinski definition) is 3. The summed E-state index contributed by atoms with van der Waals surface area (Å²) in [5, 5.41) is 30.2. The lowest BCUT2D eigenvalue weighted by atomic mass is 9.77. The molecule has 1 heterocycles. The van der Waals surface area contributed by atoms with Crippen LogP contribution >= 0.6 is 0 Å². The van der Waals surface area contributed by atoms with Gasteiger partial charge < -0.3 is 24.8 Å². The summed E-state index contributed by atoms with van der Waals surface area (Å²) in [7, 11) is 0. The van der Waals surface area contributed by atoms with Crippen LogP contribution in [-0.2, 0) is 14.3 Å². The molecule has 0 spiro atoms. The molecular weight excluding hydrogens is 364 g/mol. The highest BCUT2D eigenvalue weighted by molar-refractivity contribution is 6.05. The van der Waals surface area contributed by atoms with Crippen molar-refractivity contribution in [3.8, 4) is 11.5 Å². The van der Waals surface area contributed by atoms with Gasteiger partial charge in [-0.1, -0.05) is 6.08 Å².